The zero-order valence-electron chi connectivity index (χ0n) is 10.3. The molecule has 1 aromatic carbocycles. The molecule has 1 heterocycles. The van der Waals surface area contributed by atoms with E-state index in [0.29, 0.717) is 5.75 Å². The molecule has 0 atom stereocenters. The number of aromatic nitrogens is 1. The molecule has 0 saturated heterocycles. The molecule has 2 N–H and O–H groups in total. The number of halogens is 2. The lowest BCUT2D eigenvalue weighted by Gasteiger charge is -2.08. The quantitative estimate of drug-likeness (QED) is 0.933. The van der Waals surface area contributed by atoms with Crippen molar-refractivity contribution in [2.45, 2.75) is 4.90 Å². The Bertz CT molecular complexity index is 746. The minimum Gasteiger partial charge on any atom is -0.437 e. The first-order chi connectivity index (χ1) is 9.27. The Hall–Kier alpha value is -1.50. The fourth-order valence-corrected chi connectivity index (χ4v) is 2.43. The van der Waals surface area contributed by atoms with Gasteiger partial charge in [0.1, 0.15) is 16.6 Å². The number of nitrogens with zero attached hydrogens (tertiary/aromatic N) is 1. The van der Waals surface area contributed by atoms with Crippen LogP contribution in [0, 0.1) is 0 Å². The number of rotatable bonds is 3. The topological polar surface area (TPSA) is 82.3 Å². The van der Waals surface area contributed by atoms with E-state index in [1.54, 1.807) is 0 Å². The largest absolute Gasteiger partial charge is 0.437 e. The fourth-order valence-electron chi connectivity index (χ4n) is 1.40. The van der Waals surface area contributed by atoms with Crippen LogP contribution in [0.2, 0.25) is 10.0 Å². The van der Waals surface area contributed by atoms with Crippen molar-refractivity contribution in [2.24, 2.45) is 0 Å². The van der Waals surface area contributed by atoms with Crippen LogP contribution >= 0.6 is 23.2 Å². The van der Waals surface area contributed by atoms with Crippen LogP contribution in [0.3, 0.4) is 0 Å². The van der Waals surface area contributed by atoms with Crippen LogP contribution in [-0.2, 0) is 9.84 Å². The first-order valence-corrected chi connectivity index (χ1v) is 8.01. The summed E-state index contributed by atoms with van der Waals surface area (Å²) in [5.41, 5.74) is 5.56. The highest BCUT2D eigenvalue weighted by Gasteiger charge is 2.11. The molecule has 8 heteroatoms. The van der Waals surface area contributed by atoms with Gasteiger partial charge in [-0.15, -0.1) is 0 Å². The summed E-state index contributed by atoms with van der Waals surface area (Å²) in [5, 5.41) is 0.436. The molecule has 0 radical (unpaired) electrons. The average molecular weight is 333 g/mol. The molecule has 2 aromatic rings. The summed E-state index contributed by atoms with van der Waals surface area (Å²) in [7, 11) is -3.25. The van der Waals surface area contributed by atoms with Crippen LogP contribution in [0.25, 0.3) is 0 Å². The van der Waals surface area contributed by atoms with Gasteiger partial charge in [-0.3, -0.25) is 0 Å². The Balaban J connectivity index is 2.29. The normalized spacial score (nSPS) is 11.3. The van der Waals surface area contributed by atoms with Gasteiger partial charge >= 0.3 is 0 Å². The van der Waals surface area contributed by atoms with E-state index in [9.17, 15) is 8.42 Å². The molecule has 5 nitrogen and oxygen atoms in total. The summed E-state index contributed by atoms with van der Waals surface area (Å²) < 4.78 is 28.1. The molecule has 0 unspecified atom stereocenters. The summed E-state index contributed by atoms with van der Waals surface area (Å²) >= 11 is 11.7. The maximum Gasteiger partial charge on any atom is 0.240 e. The lowest BCUT2D eigenvalue weighted by Crippen LogP contribution is -1.98. The standard InChI is InChI=1S/C12H10Cl2N2O3S/c1-20(17,18)8-4-2-7(3-5-8)19-12-10(14)6-9(13)11(15)16-12/h2-6H,1H3,(H2,15,16). The van der Waals surface area contributed by atoms with E-state index >= 15 is 0 Å². The van der Waals surface area contributed by atoms with E-state index in [0.717, 1.165) is 6.26 Å². The molecule has 0 aliphatic heterocycles. The van der Waals surface area contributed by atoms with Crippen LogP contribution in [-0.4, -0.2) is 19.7 Å². The minimum absolute atomic E-state index is 0.0961. The first-order valence-electron chi connectivity index (χ1n) is 5.37. The van der Waals surface area contributed by atoms with Gasteiger partial charge in [0.25, 0.3) is 0 Å². The molecule has 0 aliphatic rings. The van der Waals surface area contributed by atoms with Gasteiger partial charge in [-0.05, 0) is 30.3 Å². The third-order valence-electron chi connectivity index (χ3n) is 2.39. The highest BCUT2D eigenvalue weighted by Crippen LogP contribution is 2.32. The molecule has 0 aliphatic carbocycles. The van der Waals surface area contributed by atoms with Gasteiger partial charge in [-0.2, -0.15) is 4.98 Å². The van der Waals surface area contributed by atoms with Crippen molar-refractivity contribution in [3.8, 4) is 11.6 Å². The van der Waals surface area contributed by atoms with E-state index in [4.69, 9.17) is 33.7 Å². The van der Waals surface area contributed by atoms with Crippen molar-refractivity contribution in [3.05, 3.63) is 40.4 Å². The molecular formula is C12H10Cl2N2O3S. The van der Waals surface area contributed by atoms with Gasteiger partial charge in [-0.25, -0.2) is 8.42 Å². The number of benzene rings is 1. The number of hydrogen-bond donors (Lipinski definition) is 1. The number of nitrogen functional groups attached to an aromatic ring is 1. The van der Waals surface area contributed by atoms with Crippen molar-refractivity contribution < 1.29 is 13.2 Å². The number of nitrogens with two attached hydrogens (primary N) is 1. The first kappa shape index (κ1) is 14.9. The van der Waals surface area contributed by atoms with Gasteiger partial charge in [0.05, 0.1) is 9.92 Å². The summed E-state index contributed by atoms with van der Waals surface area (Å²) in [6.45, 7) is 0. The lowest BCUT2D eigenvalue weighted by atomic mass is 10.3. The second-order valence-corrected chi connectivity index (χ2v) is 6.82. The Morgan fingerprint density at radius 1 is 1.15 bits per heavy atom. The third-order valence-corrected chi connectivity index (χ3v) is 4.09. The van der Waals surface area contributed by atoms with E-state index in [2.05, 4.69) is 4.98 Å². The Morgan fingerprint density at radius 2 is 1.75 bits per heavy atom. The molecule has 0 spiro atoms. The van der Waals surface area contributed by atoms with E-state index in [1.165, 1.54) is 30.3 Å². The molecule has 0 fully saturated rings. The van der Waals surface area contributed by atoms with E-state index in [1.807, 2.05) is 0 Å². The number of anilines is 1. The molecular weight excluding hydrogens is 323 g/mol. The summed E-state index contributed by atoms with van der Waals surface area (Å²) in [4.78, 5) is 4.11. The second kappa shape index (κ2) is 5.47. The molecule has 1 aromatic heterocycles. The molecule has 0 saturated carbocycles. The Kier molecular flexibility index (Phi) is 4.08. The maximum atomic E-state index is 11.3. The molecule has 2 rings (SSSR count). The SMILES string of the molecule is CS(=O)(=O)c1ccc(Oc2nc(N)c(Cl)cc2Cl)cc1. The van der Waals surface area contributed by atoms with Crippen molar-refractivity contribution in [3.63, 3.8) is 0 Å². The van der Waals surface area contributed by atoms with Gasteiger partial charge < -0.3 is 10.5 Å². The zero-order valence-corrected chi connectivity index (χ0v) is 12.6. The van der Waals surface area contributed by atoms with Gasteiger partial charge in [-0.1, -0.05) is 23.2 Å². The van der Waals surface area contributed by atoms with Crippen molar-refractivity contribution in [1.29, 1.82) is 0 Å². The molecule has 0 bridgehead atoms. The molecule has 0 amide bonds. The lowest BCUT2D eigenvalue weighted by molar-refractivity contribution is 0.463. The van der Waals surface area contributed by atoms with Gasteiger partial charge in [0, 0.05) is 6.26 Å². The maximum absolute atomic E-state index is 11.3. The predicted octanol–water partition coefficient (Wildman–Crippen LogP) is 3.17. The second-order valence-electron chi connectivity index (χ2n) is 3.99. The van der Waals surface area contributed by atoms with Crippen LogP contribution < -0.4 is 10.5 Å². The monoisotopic (exact) mass is 332 g/mol. The zero-order chi connectivity index (χ0) is 14.9. The Labute approximate surface area is 126 Å². The van der Waals surface area contributed by atoms with Gasteiger partial charge in [0.2, 0.25) is 5.88 Å². The van der Waals surface area contributed by atoms with Gasteiger partial charge in [0.15, 0.2) is 9.84 Å². The number of pyridine rings is 1. The van der Waals surface area contributed by atoms with E-state index < -0.39 is 9.84 Å². The minimum atomic E-state index is -3.25. The highest BCUT2D eigenvalue weighted by molar-refractivity contribution is 7.90. The van der Waals surface area contributed by atoms with Crippen molar-refractivity contribution in [1.82, 2.24) is 4.98 Å². The van der Waals surface area contributed by atoms with Crippen LogP contribution in [0.15, 0.2) is 35.2 Å². The molecule has 20 heavy (non-hydrogen) atoms. The average Bonchev–Trinajstić information content (AvgIpc) is 2.35. The van der Waals surface area contributed by atoms with Crippen molar-refractivity contribution >= 4 is 38.9 Å². The Morgan fingerprint density at radius 3 is 2.30 bits per heavy atom. The highest BCUT2D eigenvalue weighted by atomic mass is 35.5. The van der Waals surface area contributed by atoms with Crippen molar-refractivity contribution in [2.75, 3.05) is 12.0 Å². The summed E-state index contributed by atoms with van der Waals surface area (Å²) in [6.07, 6.45) is 1.13. The molecule has 106 valence electrons. The van der Waals surface area contributed by atoms with E-state index in [-0.39, 0.29) is 26.6 Å². The number of hydrogen-bond acceptors (Lipinski definition) is 5. The predicted molar refractivity (Wildman–Crippen MR) is 78.3 cm³/mol. The smallest absolute Gasteiger partial charge is 0.240 e. The summed E-state index contributed by atoms with van der Waals surface area (Å²) in [6, 6.07) is 7.28. The third kappa shape index (κ3) is 3.33. The number of ether oxygens (including phenoxy) is 1. The fraction of sp³-hybridized carbons (Fsp3) is 0.0833. The number of sulfone groups is 1. The van der Waals surface area contributed by atoms with Crippen LogP contribution in [0.4, 0.5) is 5.82 Å². The van der Waals surface area contributed by atoms with Crippen LogP contribution in [0.5, 0.6) is 11.6 Å². The van der Waals surface area contributed by atoms with Crippen LogP contribution in [0.1, 0.15) is 0 Å². The summed E-state index contributed by atoms with van der Waals surface area (Å²) in [5.74, 6) is 0.577.